The largest absolute Gasteiger partial charge is 0.444 e. The molecule has 2 rings (SSSR count). The summed E-state index contributed by atoms with van der Waals surface area (Å²) in [6.07, 6.45) is -0.762. The van der Waals surface area contributed by atoms with Gasteiger partial charge in [-0.15, -0.1) is 0 Å². The Balaban J connectivity index is 2.29. The van der Waals surface area contributed by atoms with Gasteiger partial charge in [-0.05, 0) is 67.9 Å². The van der Waals surface area contributed by atoms with E-state index in [9.17, 15) is 18.8 Å². The molecule has 0 saturated heterocycles. The van der Waals surface area contributed by atoms with Gasteiger partial charge in [0.15, 0.2) is 5.78 Å². The summed E-state index contributed by atoms with van der Waals surface area (Å²) in [6.45, 7) is 6.54. The minimum Gasteiger partial charge on any atom is -0.444 e. The lowest BCUT2D eigenvalue weighted by Gasteiger charge is -2.22. The van der Waals surface area contributed by atoms with Crippen molar-refractivity contribution in [3.63, 3.8) is 0 Å². The molecule has 0 bridgehead atoms. The fourth-order valence-electron chi connectivity index (χ4n) is 2.45. The van der Waals surface area contributed by atoms with Gasteiger partial charge in [-0.3, -0.25) is 9.59 Å². The Morgan fingerprint density at radius 3 is 2.37 bits per heavy atom. The van der Waals surface area contributed by atoms with Gasteiger partial charge >= 0.3 is 6.09 Å². The molecular formula is C21H21BrClFN2O4. The highest BCUT2D eigenvalue weighted by Gasteiger charge is 2.25. The number of ketones is 1. The molecule has 2 N–H and O–H groups in total. The molecule has 2 aromatic rings. The lowest BCUT2D eigenvalue weighted by Crippen LogP contribution is -2.44. The zero-order chi connectivity index (χ0) is 22.6. The number of halogens is 3. The molecule has 160 valence electrons. The van der Waals surface area contributed by atoms with Gasteiger partial charge < -0.3 is 15.4 Å². The molecule has 30 heavy (non-hydrogen) atoms. The van der Waals surface area contributed by atoms with Crippen molar-refractivity contribution in [1.29, 1.82) is 0 Å². The number of benzene rings is 2. The Labute approximate surface area is 187 Å². The molecular weight excluding hydrogens is 479 g/mol. The van der Waals surface area contributed by atoms with Crippen molar-refractivity contribution in [2.24, 2.45) is 0 Å². The minimum atomic E-state index is -0.973. The molecule has 0 heterocycles. The van der Waals surface area contributed by atoms with Gasteiger partial charge in [0.1, 0.15) is 17.5 Å². The Kier molecular flexibility index (Phi) is 7.60. The van der Waals surface area contributed by atoms with Crippen molar-refractivity contribution in [2.75, 3.05) is 5.32 Å². The van der Waals surface area contributed by atoms with E-state index >= 15 is 0 Å². The molecule has 0 saturated carbocycles. The van der Waals surface area contributed by atoms with Crippen LogP contribution in [0.25, 0.3) is 0 Å². The summed E-state index contributed by atoms with van der Waals surface area (Å²) < 4.78 is 19.7. The lowest BCUT2D eigenvalue weighted by molar-refractivity contribution is -0.117. The summed E-state index contributed by atoms with van der Waals surface area (Å²) >= 11 is 9.52. The maximum Gasteiger partial charge on any atom is 0.408 e. The summed E-state index contributed by atoms with van der Waals surface area (Å²) in [5, 5.41) is 4.99. The zero-order valence-electron chi connectivity index (χ0n) is 16.8. The number of carbonyl (C=O) groups excluding carboxylic acids is 3. The van der Waals surface area contributed by atoms with E-state index < -0.39 is 35.2 Å². The monoisotopic (exact) mass is 498 g/mol. The smallest absolute Gasteiger partial charge is 0.408 e. The first-order chi connectivity index (χ1) is 13.9. The van der Waals surface area contributed by atoms with Gasteiger partial charge in [0.2, 0.25) is 5.91 Å². The molecule has 0 aliphatic carbocycles. The summed E-state index contributed by atoms with van der Waals surface area (Å²) in [5.41, 5.74) is -0.903. The molecule has 0 aliphatic heterocycles. The van der Waals surface area contributed by atoms with Crippen LogP contribution in [0.4, 0.5) is 14.9 Å². The van der Waals surface area contributed by atoms with E-state index in [4.69, 9.17) is 16.3 Å². The minimum absolute atomic E-state index is 0.0220. The van der Waals surface area contributed by atoms with Gasteiger partial charge in [-0.2, -0.15) is 0 Å². The van der Waals surface area contributed by atoms with Crippen molar-refractivity contribution in [3.05, 3.63) is 62.8 Å². The fraction of sp³-hybridized carbons (Fsp3) is 0.286. The molecule has 2 amide bonds. The van der Waals surface area contributed by atoms with Crippen LogP contribution in [0, 0.1) is 5.82 Å². The Hall–Kier alpha value is -2.45. The third-order valence-electron chi connectivity index (χ3n) is 3.82. The van der Waals surface area contributed by atoms with Crippen LogP contribution >= 0.6 is 27.5 Å². The van der Waals surface area contributed by atoms with E-state index in [0.717, 1.165) is 6.07 Å². The molecule has 0 unspecified atom stereocenters. The van der Waals surface area contributed by atoms with Crippen LogP contribution in [0.2, 0.25) is 5.02 Å². The van der Waals surface area contributed by atoms with E-state index in [1.165, 1.54) is 31.2 Å². The van der Waals surface area contributed by atoms with Gasteiger partial charge in [0.25, 0.3) is 0 Å². The number of hydrogen-bond acceptors (Lipinski definition) is 4. The van der Waals surface area contributed by atoms with Gasteiger partial charge in [0, 0.05) is 4.47 Å². The number of hydrogen-bond donors (Lipinski definition) is 2. The quantitative estimate of drug-likeness (QED) is 0.545. The number of nitrogens with one attached hydrogen (secondary N) is 2. The number of anilines is 1. The van der Waals surface area contributed by atoms with Crippen molar-refractivity contribution < 1.29 is 23.5 Å². The first kappa shape index (κ1) is 23.8. The van der Waals surface area contributed by atoms with Crippen molar-refractivity contribution in [1.82, 2.24) is 5.32 Å². The van der Waals surface area contributed by atoms with Crippen LogP contribution in [0.5, 0.6) is 0 Å². The third kappa shape index (κ3) is 6.03. The van der Waals surface area contributed by atoms with Crippen LogP contribution in [0.15, 0.2) is 40.9 Å². The number of ether oxygens (including phenoxy) is 1. The van der Waals surface area contributed by atoms with E-state index in [0.29, 0.717) is 4.47 Å². The SMILES string of the molecule is C[C@@H](NC(=O)OC(C)(C)C)C(=O)Nc1ccc(Br)c(Cl)c1C(=O)c1ccccc1F. The molecule has 0 aliphatic rings. The molecule has 0 radical (unpaired) electrons. The highest BCUT2D eigenvalue weighted by atomic mass is 79.9. The molecule has 0 fully saturated rings. The predicted molar refractivity (Wildman–Crippen MR) is 116 cm³/mol. The van der Waals surface area contributed by atoms with Crippen LogP contribution < -0.4 is 10.6 Å². The Morgan fingerprint density at radius 1 is 1.13 bits per heavy atom. The summed E-state index contributed by atoms with van der Waals surface area (Å²) in [6, 6.07) is 7.50. The van der Waals surface area contributed by atoms with Crippen molar-refractivity contribution >= 4 is 51.0 Å². The van der Waals surface area contributed by atoms with Gasteiger partial charge in [0.05, 0.1) is 21.8 Å². The Morgan fingerprint density at radius 2 is 1.77 bits per heavy atom. The normalized spacial score (nSPS) is 12.1. The first-order valence-corrected chi connectivity index (χ1v) is 10.2. The zero-order valence-corrected chi connectivity index (χ0v) is 19.2. The summed E-state index contributed by atoms with van der Waals surface area (Å²) in [4.78, 5) is 37.4. The van der Waals surface area contributed by atoms with Gasteiger partial charge in [-0.1, -0.05) is 23.7 Å². The maximum absolute atomic E-state index is 14.1. The average molecular weight is 500 g/mol. The van der Waals surface area contributed by atoms with Crippen molar-refractivity contribution in [2.45, 2.75) is 39.3 Å². The van der Waals surface area contributed by atoms with Crippen LogP contribution in [-0.4, -0.2) is 29.4 Å². The molecule has 0 aromatic heterocycles. The second-order valence-electron chi connectivity index (χ2n) is 7.45. The first-order valence-electron chi connectivity index (χ1n) is 8.98. The highest BCUT2D eigenvalue weighted by Crippen LogP contribution is 2.34. The van der Waals surface area contributed by atoms with Crippen molar-refractivity contribution in [3.8, 4) is 0 Å². The second kappa shape index (κ2) is 9.57. The fourth-order valence-corrected chi connectivity index (χ4v) is 3.03. The van der Waals surface area contributed by atoms with Gasteiger partial charge in [-0.25, -0.2) is 9.18 Å². The highest BCUT2D eigenvalue weighted by molar-refractivity contribution is 9.10. The van der Waals surface area contributed by atoms with E-state index in [1.807, 2.05) is 0 Å². The number of rotatable bonds is 5. The maximum atomic E-state index is 14.1. The molecule has 9 heteroatoms. The number of amides is 2. The lowest BCUT2D eigenvalue weighted by atomic mass is 10.0. The number of carbonyl (C=O) groups is 3. The van der Waals surface area contributed by atoms with E-state index in [-0.39, 0.29) is 21.8 Å². The van der Waals surface area contributed by atoms with Crippen LogP contribution in [0.3, 0.4) is 0 Å². The summed E-state index contributed by atoms with van der Waals surface area (Å²) in [7, 11) is 0. The predicted octanol–water partition coefficient (Wildman–Crippen LogP) is 5.32. The van der Waals surface area contributed by atoms with E-state index in [2.05, 4.69) is 26.6 Å². The molecule has 1 atom stereocenters. The number of alkyl carbamates (subject to hydrolysis) is 1. The molecule has 0 spiro atoms. The van der Waals surface area contributed by atoms with Crippen LogP contribution in [0.1, 0.15) is 43.6 Å². The Bertz CT molecular complexity index is 991. The summed E-state index contributed by atoms with van der Waals surface area (Å²) in [5.74, 6) is -2.01. The molecule has 2 aromatic carbocycles. The average Bonchev–Trinajstić information content (AvgIpc) is 2.63. The van der Waals surface area contributed by atoms with E-state index in [1.54, 1.807) is 26.8 Å². The molecule has 6 nitrogen and oxygen atoms in total. The topological polar surface area (TPSA) is 84.5 Å². The standard InChI is InChI=1S/C21H21BrClFN2O4/c1-11(25-20(29)30-21(2,3)4)19(28)26-15-10-9-13(22)17(23)16(15)18(27)12-7-5-6-8-14(12)24/h5-11H,1-4H3,(H,25,29)(H,26,28)/t11-/m1/s1. The third-order valence-corrected chi connectivity index (χ3v) is 5.11. The second-order valence-corrected chi connectivity index (χ2v) is 8.68. The van der Waals surface area contributed by atoms with Crippen LogP contribution in [-0.2, 0) is 9.53 Å².